The molecule has 37 heavy (non-hydrogen) atoms. The number of phenolic OH excluding ortho intramolecular Hbond substituents is 2. The van der Waals surface area contributed by atoms with Crippen LogP contribution >= 0.6 is 7.60 Å². The Morgan fingerprint density at radius 3 is 1.73 bits per heavy atom. The number of carbonyl (C=O) groups is 3. The fourth-order valence-corrected chi connectivity index (χ4v) is 4.38. The van der Waals surface area contributed by atoms with Crippen molar-refractivity contribution in [2.24, 2.45) is 5.92 Å². The van der Waals surface area contributed by atoms with Crippen LogP contribution in [0.3, 0.4) is 0 Å². The van der Waals surface area contributed by atoms with E-state index in [1.165, 1.54) is 43.3 Å². The van der Waals surface area contributed by atoms with E-state index in [4.69, 9.17) is 0 Å². The fraction of sp³-hybridized carbons (Fsp3) is 0.400. The van der Waals surface area contributed by atoms with E-state index in [2.05, 4.69) is 16.0 Å². The van der Waals surface area contributed by atoms with Crippen LogP contribution in [-0.2, 0) is 31.8 Å². The molecular formula is C25H34N3O8P. The highest BCUT2D eigenvalue weighted by atomic mass is 31.2. The molecule has 2 aromatic carbocycles. The first kappa shape index (κ1) is 29.8. The van der Waals surface area contributed by atoms with Gasteiger partial charge < -0.3 is 36.0 Å². The van der Waals surface area contributed by atoms with Gasteiger partial charge >= 0.3 is 7.60 Å². The van der Waals surface area contributed by atoms with Crippen LogP contribution in [0.2, 0.25) is 0 Å². The summed E-state index contributed by atoms with van der Waals surface area (Å²) in [5.41, 5.74) is 1.04. The highest BCUT2D eigenvalue weighted by molar-refractivity contribution is 7.52. The molecule has 0 aliphatic heterocycles. The zero-order valence-electron chi connectivity index (χ0n) is 20.9. The first-order valence-corrected chi connectivity index (χ1v) is 13.5. The van der Waals surface area contributed by atoms with Gasteiger partial charge in [0.15, 0.2) is 0 Å². The largest absolute Gasteiger partial charge is 0.508 e. The molecule has 0 saturated carbocycles. The molecule has 0 bridgehead atoms. The Hall–Kier alpha value is -3.40. The number of aromatic hydroxyl groups is 2. The molecule has 0 aliphatic carbocycles. The standard InChI is InChI=1S/C25H34N3O8P/c1-4-15(2)23(26-16(3)29)25(33)27-21(13-17-5-9-19(30)10-6-17)24(32)28-22(37(34,35)36)14-18-7-11-20(31)12-8-18/h5-12,15,21-23,30-31H,4,13-14H2,1-3H3,(H,26,29)(H,27,33)(H,28,32)(H2,34,35,36)/t15-,21-,22?,23-/m0/s1. The zero-order chi connectivity index (χ0) is 27.8. The fourth-order valence-electron chi connectivity index (χ4n) is 3.63. The summed E-state index contributed by atoms with van der Waals surface area (Å²) in [4.78, 5) is 57.9. The first-order chi connectivity index (χ1) is 17.3. The van der Waals surface area contributed by atoms with Gasteiger partial charge in [0.25, 0.3) is 0 Å². The van der Waals surface area contributed by atoms with Gasteiger partial charge in [-0.15, -0.1) is 0 Å². The number of amides is 3. The lowest BCUT2D eigenvalue weighted by molar-refractivity contribution is -0.132. The Bertz CT molecular complexity index is 1120. The molecule has 1 unspecified atom stereocenters. The van der Waals surface area contributed by atoms with Crippen LogP contribution in [0.1, 0.15) is 38.3 Å². The van der Waals surface area contributed by atoms with Crippen LogP contribution in [0.4, 0.5) is 0 Å². The molecule has 2 aromatic rings. The van der Waals surface area contributed by atoms with E-state index in [1.807, 2.05) is 6.92 Å². The van der Waals surface area contributed by atoms with Crippen molar-refractivity contribution in [2.75, 3.05) is 0 Å². The van der Waals surface area contributed by atoms with E-state index in [0.717, 1.165) is 0 Å². The van der Waals surface area contributed by atoms with Crippen LogP contribution in [0.5, 0.6) is 11.5 Å². The smallest absolute Gasteiger partial charge is 0.347 e. The van der Waals surface area contributed by atoms with Crippen molar-refractivity contribution in [3.63, 3.8) is 0 Å². The van der Waals surface area contributed by atoms with Gasteiger partial charge in [0.05, 0.1) is 0 Å². The van der Waals surface area contributed by atoms with Gasteiger partial charge in [-0.25, -0.2) is 0 Å². The lowest BCUT2D eigenvalue weighted by Gasteiger charge is -2.28. The van der Waals surface area contributed by atoms with Crippen molar-refractivity contribution in [3.05, 3.63) is 59.7 Å². The molecule has 4 atom stereocenters. The van der Waals surface area contributed by atoms with E-state index >= 15 is 0 Å². The van der Waals surface area contributed by atoms with E-state index in [0.29, 0.717) is 17.5 Å². The third-order valence-electron chi connectivity index (χ3n) is 5.94. The third kappa shape index (κ3) is 9.53. The highest BCUT2D eigenvalue weighted by Crippen LogP contribution is 2.41. The van der Waals surface area contributed by atoms with Gasteiger partial charge in [-0.05, 0) is 41.3 Å². The molecule has 12 heteroatoms. The van der Waals surface area contributed by atoms with Crippen LogP contribution in [0.15, 0.2) is 48.5 Å². The molecular weight excluding hydrogens is 501 g/mol. The number of phenols is 2. The second-order valence-corrected chi connectivity index (χ2v) is 10.8. The number of benzene rings is 2. The molecule has 0 aliphatic rings. The Kier molecular flexibility index (Phi) is 10.7. The molecule has 0 aromatic heterocycles. The number of hydrogen-bond donors (Lipinski definition) is 7. The number of nitrogens with one attached hydrogen (secondary N) is 3. The Balaban J connectivity index is 2.32. The summed E-state index contributed by atoms with van der Waals surface area (Å²) >= 11 is 0. The maximum atomic E-state index is 13.3. The van der Waals surface area contributed by atoms with Crippen molar-refractivity contribution < 1.29 is 38.9 Å². The number of carbonyl (C=O) groups excluding carboxylic acids is 3. The molecule has 202 valence electrons. The van der Waals surface area contributed by atoms with Gasteiger partial charge in [-0.1, -0.05) is 44.5 Å². The lowest BCUT2D eigenvalue weighted by atomic mass is 9.97. The van der Waals surface area contributed by atoms with Gasteiger partial charge in [0.2, 0.25) is 17.7 Å². The van der Waals surface area contributed by atoms with Crippen LogP contribution in [0.25, 0.3) is 0 Å². The van der Waals surface area contributed by atoms with Crippen molar-refractivity contribution in [2.45, 2.75) is 57.9 Å². The minimum Gasteiger partial charge on any atom is -0.508 e. The molecule has 3 amide bonds. The van der Waals surface area contributed by atoms with Gasteiger partial charge in [-0.3, -0.25) is 18.9 Å². The van der Waals surface area contributed by atoms with Crippen LogP contribution < -0.4 is 16.0 Å². The zero-order valence-corrected chi connectivity index (χ0v) is 21.8. The summed E-state index contributed by atoms with van der Waals surface area (Å²) in [6, 6.07) is 9.44. The normalized spacial score (nSPS) is 14.6. The lowest BCUT2D eigenvalue weighted by Crippen LogP contribution is -2.57. The summed E-state index contributed by atoms with van der Waals surface area (Å²) in [6.07, 6.45) is 0.301. The Labute approximate surface area is 215 Å². The predicted molar refractivity (Wildman–Crippen MR) is 137 cm³/mol. The minimum atomic E-state index is -4.83. The predicted octanol–water partition coefficient (Wildman–Crippen LogP) is 1.54. The van der Waals surface area contributed by atoms with E-state index in [1.54, 1.807) is 19.1 Å². The van der Waals surface area contributed by atoms with Crippen molar-refractivity contribution >= 4 is 25.3 Å². The van der Waals surface area contributed by atoms with Gasteiger partial charge in [0.1, 0.15) is 29.4 Å². The minimum absolute atomic E-state index is 0.00624. The summed E-state index contributed by atoms with van der Waals surface area (Å²) in [7, 11) is -4.83. The SMILES string of the molecule is CC[C@H](C)[C@H](NC(C)=O)C(=O)N[C@@H](Cc1ccc(O)cc1)C(=O)NC(Cc1ccc(O)cc1)P(=O)(O)O. The van der Waals surface area contributed by atoms with E-state index < -0.39 is 43.2 Å². The number of hydrogen-bond acceptors (Lipinski definition) is 6. The van der Waals surface area contributed by atoms with Crippen molar-refractivity contribution in [1.82, 2.24) is 16.0 Å². The van der Waals surface area contributed by atoms with Gasteiger partial charge in [0, 0.05) is 19.8 Å². The summed E-state index contributed by atoms with van der Waals surface area (Å²) in [5, 5.41) is 26.6. The van der Waals surface area contributed by atoms with Crippen molar-refractivity contribution in [3.8, 4) is 11.5 Å². The first-order valence-electron chi connectivity index (χ1n) is 11.8. The Morgan fingerprint density at radius 2 is 1.30 bits per heavy atom. The third-order valence-corrected chi connectivity index (χ3v) is 7.07. The second-order valence-electron chi connectivity index (χ2n) is 8.98. The topological polar surface area (TPSA) is 185 Å². The summed E-state index contributed by atoms with van der Waals surface area (Å²) in [6.45, 7) is 4.90. The molecule has 0 radical (unpaired) electrons. The average molecular weight is 536 g/mol. The Morgan fingerprint density at radius 1 is 0.811 bits per heavy atom. The number of rotatable bonds is 12. The quantitative estimate of drug-likeness (QED) is 0.200. The second kappa shape index (κ2) is 13.2. The molecule has 0 spiro atoms. The van der Waals surface area contributed by atoms with Crippen LogP contribution in [-0.4, -0.2) is 55.6 Å². The molecule has 0 heterocycles. The molecule has 2 rings (SSSR count). The molecule has 0 saturated heterocycles. The van der Waals surface area contributed by atoms with Crippen LogP contribution in [0, 0.1) is 5.92 Å². The maximum absolute atomic E-state index is 13.3. The molecule has 11 nitrogen and oxygen atoms in total. The summed E-state index contributed by atoms with van der Waals surface area (Å²) in [5.74, 6) is -3.73. The van der Waals surface area contributed by atoms with E-state index in [-0.39, 0.29) is 30.3 Å². The maximum Gasteiger partial charge on any atom is 0.347 e. The molecule has 7 N–H and O–H groups in total. The highest BCUT2D eigenvalue weighted by Gasteiger charge is 2.35. The van der Waals surface area contributed by atoms with Crippen molar-refractivity contribution in [1.29, 1.82) is 0 Å². The van der Waals surface area contributed by atoms with Gasteiger partial charge in [-0.2, -0.15) is 0 Å². The monoisotopic (exact) mass is 535 g/mol. The van der Waals surface area contributed by atoms with E-state index in [9.17, 15) is 38.9 Å². The molecule has 0 fully saturated rings. The average Bonchev–Trinajstić information content (AvgIpc) is 2.83. The summed E-state index contributed by atoms with van der Waals surface area (Å²) < 4.78 is 12.2.